The molecule has 1 aromatic heterocycles. The lowest BCUT2D eigenvalue weighted by atomic mass is 9.95. The Kier molecular flexibility index (Phi) is 2.41. The van der Waals surface area contributed by atoms with Crippen molar-refractivity contribution in [3.8, 4) is 5.88 Å². The van der Waals surface area contributed by atoms with Gasteiger partial charge < -0.3 is 10.1 Å². The van der Waals surface area contributed by atoms with Crippen molar-refractivity contribution >= 4 is 0 Å². The highest BCUT2D eigenvalue weighted by atomic mass is 16.5. The van der Waals surface area contributed by atoms with Crippen molar-refractivity contribution in [2.24, 2.45) is 7.05 Å². The fraction of sp³-hybridized carbons (Fsp3) is 0.778. The molecule has 0 spiro atoms. The number of nitrogens with zero attached hydrogens (tertiary/aromatic N) is 3. The summed E-state index contributed by atoms with van der Waals surface area (Å²) in [5, 5.41) is 11.1. The van der Waals surface area contributed by atoms with Gasteiger partial charge in [-0.15, -0.1) is 0 Å². The molecule has 1 aliphatic heterocycles. The fourth-order valence-corrected chi connectivity index (χ4v) is 1.68. The second-order valence-corrected chi connectivity index (χ2v) is 4.03. The second-order valence-electron chi connectivity index (χ2n) is 4.03. The third-order valence-corrected chi connectivity index (χ3v) is 2.59. The summed E-state index contributed by atoms with van der Waals surface area (Å²) in [6.07, 6.45) is 3.83. The normalized spacial score (nSPS) is 20.7. The largest absolute Gasteiger partial charge is 0.469 e. The van der Waals surface area contributed by atoms with Crippen LogP contribution in [0.25, 0.3) is 0 Å². The Morgan fingerprint density at radius 1 is 1.50 bits per heavy atom. The van der Waals surface area contributed by atoms with Gasteiger partial charge in [-0.2, -0.15) is 0 Å². The van der Waals surface area contributed by atoms with Gasteiger partial charge in [0.25, 0.3) is 5.88 Å². The Balaban J connectivity index is 2.01. The first-order chi connectivity index (χ1) is 6.68. The first-order valence-electron chi connectivity index (χ1n) is 4.94. The Bertz CT molecular complexity index is 304. The molecule has 1 saturated heterocycles. The van der Waals surface area contributed by atoms with E-state index in [-0.39, 0.29) is 5.60 Å². The molecule has 1 fully saturated rings. The second kappa shape index (κ2) is 3.57. The van der Waals surface area contributed by atoms with E-state index in [4.69, 9.17) is 4.74 Å². The van der Waals surface area contributed by atoms with Crippen LogP contribution in [-0.4, -0.2) is 33.7 Å². The standard InChI is InChI=1S/C9H16N4O/c1-9(3-5-10-6-4-9)14-8-7-13(2)12-11-8/h7,10H,3-6H2,1-2H3. The summed E-state index contributed by atoms with van der Waals surface area (Å²) in [5.41, 5.74) is -0.0821. The van der Waals surface area contributed by atoms with E-state index in [1.54, 1.807) is 10.9 Å². The molecule has 0 amide bonds. The highest BCUT2D eigenvalue weighted by Gasteiger charge is 2.29. The van der Waals surface area contributed by atoms with Crippen molar-refractivity contribution < 1.29 is 4.74 Å². The van der Waals surface area contributed by atoms with Crippen LogP contribution >= 0.6 is 0 Å². The van der Waals surface area contributed by atoms with E-state index < -0.39 is 0 Å². The molecule has 5 heteroatoms. The van der Waals surface area contributed by atoms with E-state index >= 15 is 0 Å². The zero-order chi connectivity index (χ0) is 10.0. The van der Waals surface area contributed by atoms with Crippen LogP contribution in [0.15, 0.2) is 6.20 Å². The van der Waals surface area contributed by atoms with E-state index in [9.17, 15) is 0 Å². The van der Waals surface area contributed by atoms with Gasteiger partial charge in [0.15, 0.2) is 0 Å². The molecule has 1 N–H and O–H groups in total. The molecular weight excluding hydrogens is 180 g/mol. The first kappa shape index (κ1) is 9.45. The SMILES string of the molecule is Cn1cc(OC2(C)CCNCC2)nn1. The van der Waals surface area contributed by atoms with Crippen LogP contribution in [0.3, 0.4) is 0 Å². The third-order valence-electron chi connectivity index (χ3n) is 2.59. The van der Waals surface area contributed by atoms with Crippen LogP contribution in [0, 0.1) is 0 Å². The summed E-state index contributed by atoms with van der Waals surface area (Å²) in [6.45, 7) is 4.15. The molecule has 0 unspecified atom stereocenters. The Morgan fingerprint density at radius 3 is 2.79 bits per heavy atom. The van der Waals surface area contributed by atoms with Gasteiger partial charge in [0.05, 0.1) is 6.20 Å². The topological polar surface area (TPSA) is 52.0 Å². The van der Waals surface area contributed by atoms with E-state index in [1.807, 2.05) is 7.05 Å². The number of aryl methyl sites for hydroxylation is 1. The summed E-state index contributed by atoms with van der Waals surface area (Å²) >= 11 is 0. The minimum absolute atomic E-state index is 0.0821. The van der Waals surface area contributed by atoms with Crippen LogP contribution in [0.4, 0.5) is 0 Å². The molecule has 1 aromatic rings. The lowest BCUT2D eigenvalue weighted by Crippen LogP contribution is -2.43. The van der Waals surface area contributed by atoms with Gasteiger partial charge in [0, 0.05) is 7.05 Å². The molecule has 5 nitrogen and oxygen atoms in total. The summed E-state index contributed by atoms with van der Waals surface area (Å²) in [7, 11) is 1.84. The molecule has 0 saturated carbocycles. The lowest BCUT2D eigenvalue weighted by molar-refractivity contribution is 0.0507. The number of hydrogen-bond donors (Lipinski definition) is 1. The smallest absolute Gasteiger partial charge is 0.253 e. The van der Waals surface area contributed by atoms with Crippen LogP contribution in [0.1, 0.15) is 19.8 Å². The maximum absolute atomic E-state index is 5.83. The molecule has 0 aromatic carbocycles. The fourth-order valence-electron chi connectivity index (χ4n) is 1.68. The molecule has 0 aliphatic carbocycles. The van der Waals surface area contributed by atoms with E-state index in [1.165, 1.54) is 0 Å². The molecule has 14 heavy (non-hydrogen) atoms. The monoisotopic (exact) mass is 196 g/mol. The van der Waals surface area contributed by atoms with Gasteiger partial charge in [-0.25, -0.2) is 0 Å². The Hall–Kier alpha value is -1.10. The van der Waals surface area contributed by atoms with Gasteiger partial charge in [-0.1, -0.05) is 10.3 Å². The molecule has 78 valence electrons. The lowest BCUT2D eigenvalue weighted by Gasteiger charge is -2.33. The summed E-state index contributed by atoms with van der Waals surface area (Å²) in [6, 6.07) is 0. The summed E-state index contributed by atoms with van der Waals surface area (Å²) in [5.74, 6) is 0.622. The maximum atomic E-state index is 5.83. The Morgan fingerprint density at radius 2 is 2.21 bits per heavy atom. The highest BCUT2D eigenvalue weighted by Crippen LogP contribution is 2.23. The van der Waals surface area contributed by atoms with Gasteiger partial charge in [-0.3, -0.25) is 4.68 Å². The number of aromatic nitrogens is 3. The zero-order valence-electron chi connectivity index (χ0n) is 8.66. The summed E-state index contributed by atoms with van der Waals surface area (Å²) < 4.78 is 7.48. The number of piperidine rings is 1. The third kappa shape index (κ3) is 2.04. The molecule has 2 heterocycles. The molecule has 0 radical (unpaired) electrons. The van der Waals surface area contributed by atoms with Crippen molar-refractivity contribution in [3.05, 3.63) is 6.20 Å². The molecule has 2 rings (SSSR count). The Labute approximate surface area is 83.4 Å². The first-order valence-corrected chi connectivity index (χ1v) is 4.94. The maximum Gasteiger partial charge on any atom is 0.253 e. The van der Waals surface area contributed by atoms with Gasteiger partial charge in [0.2, 0.25) is 0 Å². The molecule has 0 bridgehead atoms. The number of rotatable bonds is 2. The number of nitrogens with one attached hydrogen (secondary N) is 1. The summed E-state index contributed by atoms with van der Waals surface area (Å²) in [4.78, 5) is 0. The van der Waals surface area contributed by atoms with Gasteiger partial charge in [0.1, 0.15) is 5.60 Å². The van der Waals surface area contributed by atoms with Crippen LogP contribution in [-0.2, 0) is 7.05 Å². The van der Waals surface area contributed by atoms with Crippen molar-refractivity contribution in [2.75, 3.05) is 13.1 Å². The molecular formula is C9H16N4O. The predicted molar refractivity (Wildman–Crippen MR) is 52.1 cm³/mol. The zero-order valence-corrected chi connectivity index (χ0v) is 8.66. The predicted octanol–water partition coefficient (Wildman–Crippen LogP) is 0.336. The average Bonchev–Trinajstić information content (AvgIpc) is 2.51. The van der Waals surface area contributed by atoms with Crippen LogP contribution < -0.4 is 10.1 Å². The quantitative estimate of drug-likeness (QED) is 0.741. The van der Waals surface area contributed by atoms with E-state index in [0.29, 0.717) is 5.88 Å². The van der Waals surface area contributed by atoms with Crippen molar-refractivity contribution in [1.29, 1.82) is 0 Å². The minimum atomic E-state index is -0.0821. The van der Waals surface area contributed by atoms with Crippen molar-refractivity contribution in [2.45, 2.75) is 25.4 Å². The minimum Gasteiger partial charge on any atom is -0.469 e. The number of hydrogen-bond acceptors (Lipinski definition) is 4. The average molecular weight is 196 g/mol. The van der Waals surface area contributed by atoms with Crippen LogP contribution in [0.2, 0.25) is 0 Å². The van der Waals surface area contributed by atoms with Gasteiger partial charge in [-0.05, 0) is 32.9 Å². The van der Waals surface area contributed by atoms with Crippen molar-refractivity contribution in [1.82, 2.24) is 20.3 Å². The van der Waals surface area contributed by atoms with Gasteiger partial charge >= 0.3 is 0 Å². The van der Waals surface area contributed by atoms with E-state index in [0.717, 1.165) is 25.9 Å². The number of ether oxygens (including phenoxy) is 1. The van der Waals surface area contributed by atoms with Crippen molar-refractivity contribution in [3.63, 3.8) is 0 Å². The molecule has 1 aliphatic rings. The highest BCUT2D eigenvalue weighted by molar-refractivity contribution is 5.02. The van der Waals surface area contributed by atoms with Crippen LogP contribution in [0.5, 0.6) is 5.88 Å². The molecule has 0 atom stereocenters. The van der Waals surface area contributed by atoms with E-state index in [2.05, 4.69) is 22.6 Å².